The van der Waals surface area contributed by atoms with Gasteiger partial charge in [-0.2, -0.15) is 0 Å². The van der Waals surface area contributed by atoms with Crippen LogP contribution in [0.15, 0.2) is 48.6 Å². The van der Waals surface area contributed by atoms with Crippen LogP contribution in [-0.4, -0.2) is 46.7 Å². The molecule has 0 spiro atoms. The average Bonchev–Trinajstić information content (AvgIpc) is 2.72. The van der Waals surface area contributed by atoms with Crippen LogP contribution in [0.4, 0.5) is 10.5 Å². The summed E-state index contributed by atoms with van der Waals surface area (Å²) >= 11 is 5.74. The first kappa shape index (κ1) is 27.6. The number of rotatable bonds is 7. The minimum Gasteiger partial charge on any atom is -0.447 e. The molecular weight excluding hydrogens is 434 g/mol. The average molecular weight is 466 g/mol. The van der Waals surface area contributed by atoms with E-state index in [2.05, 4.69) is 12.2 Å². The Balaban J connectivity index is 0.000000330. The molecule has 4 unspecified atom stereocenters. The molecular formula is C24H32ClNO6. The van der Waals surface area contributed by atoms with Crippen molar-refractivity contribution in [1.29, 1.82) is 0 Å². The summed E-state index contributed by atoms with van der Waals surface area (Å²) in [5.74, 6) is -1.77. The number of carbonyl (C=O) groups is 3. The number of aliphatic hydroxyl groups excluding tert-OH is 2. The normalized spacial score (nSPS) is 23.2. The highest BCUT2D eigenvalue weighted by Gasteiger charge is 2.41. The monoisotopic (exact) mass is 465 g/mol. The summed E-state index contributed by atoms with van der Waals surface area (Å²) < 4.78 is 4.90. The molecule has 1 aliphatic carbocycles. The number of aliphatic hydroxyl groups is 2. The molecule has 4 atom stereocenters. The van der Waals surface area contributed by atoms with Crippen molar-refractivity contribution in [3.05, 3.63) is 53.6 Å². The molecule has 8 heteroatoms. The lowest BCUT2D eigenvalue weighted by molar-refractivity contribution is -0.146. The minimum absolute atomic E-state index is 0.130. The predicted octanol–water partition coefficient (Wildman–Crippen LogP) is 4.32. The van der Waals surface area contributed by atoms with Crippen LogP contribution in [0.3, 0.4) is 0 Å². The number of anilines is 1. The van der Waals surface area contributed by atoms with E-state index in [1.807, 2.05) is 12.2 Å². The van der Waals surface area contributed by atoms with Gasteiger partial charge in [0, 0.05) is 10.7 Å². The molecule has 0 bridgehead atoms. The van der Waals surface area contributed by atoms with Crippen LogP contribution in [0.1, 0.15) is 40.0 Å². The SMILES string of the molecule is CC(C)OC(=O)Nc1cccc(Cl)c1.CCCC=CC=CC1CC(O)C(O)C(=O)C1C=O. The van der Waals surface area contributed by atoms with Gasteiger partial charge in [-0.15, -0.1) is 0 Å². The number of unbranched alkanes of at least 4 members (excludes halogenated alkanes) is 1. The highest BCUT2D eigenvalue weighted by molar-refractivity contribution is 6.30. The van der Waals surface area contributed by atoms with Crippen LogP contribution >= 0.6 is 11.6 Å². The second-order valence-corrected chi connectivity index (χ2v) is 8.10. The minimum atomic E-state index is -1.43. The fourth-order valence-electron chi connectivity index (χ4n) is 2.99. The number of Topliss-reactive ketones (excluding diaryl/α,β-unsaturated/α-hetero) is 1. The first-order chi connectivity index (χ1) is 15.2. The van der Waals surface area contributed by atoms with E-state index < -0.39 is 30.0 Å². The van der Waals surface area contributed by atoms with Gasteiger partial charge in [-0.25, -0.2) is 4.79 Å². The molecule has 0 aliphatic heterocycles. The van der Waals surface area contributed by atoms with Gasteiger partial charge in [-0.05, 0) is 50.8 Å². The zero-order valence-corrected chi connectivity index (χ0v) is 19.4. The van der Waals surface area contributed by atoms with Crippen molar-refractivity contribution >= 4 is 35.5 Å². The largest absolute Gasteiger partial charge is 0.447 e. The molecule has 1 amide bonds. The molecule has 1 saturated carbocycles. The second-order valence-electron chi connectivity index (χ2n) is 7.67. The number of benzene rings is 1. The van der Waals surface area contributed by atoms with E-state index in [9.17, 15) is 24.6 Å². The van der Waals surface area contributed by atoms with Crippen LogP contribution in [-0.2, 0) is 14.3 Å². The van der Waals surface area contributed by atoms with Crippen molar-refractivity contribution in [1.82, 2.24) is 0 Å². The number of hydrogen-bond donors (Lipinski definition) is 3. The maximum atomic E-state index is 11.6. The number of halogens is 1. The third-order valence-corrected chi connectivity index (χ3v) is 4.82. The molecule has 7 nitrogen and oxygen atoms in total. The molecule has 0 heterocycles. The summed E-state index contributed by atoms with van der Waals surface area (Å²) in [7, 11) is 0. The van der Waals surface area contributed by atoms with Crippen LogP contribution in [0.5, 0.6) is 0 Å². The van der Waals surface area contributed by atoms with E-state index in [-0.39, 0.29) is 18.4 Å². The van der Waals surface area contributed by atoms with Crippen molar-refractivity contribution in [3.8, 4) is 0 Å². The smallest absolute Gasteiger partial charge is 0.411 e. The number of hydrogen-bond acceptors (Lipinski definition) is 6. The summed E-state index contributed by atoms with van der Waals surface area (Å²) in [6, 6.07) is 6.89. The molecule has 1 aliphatic rings. The Morgan fingerprint density at radius 2 is 2.03 bits per heavy atom. The number of allylic oxidation sites excluding steroid dienone is 4. The van der Waals surface area contributed by atoms with Crippen molar-refractivity contribution in [2.24, 2.45) is 11.8 Å². The Morgan fingerprint density at radius 1 is 1.31 bits per heavy atom. The maximum absolute atomic E-state index is 11.6. The van der Waals surface area contributed by atoms with Crippen LogP contribution in [0, 0.1) is 11.8 Å². The van der Waals surface area contributed by atoms with Crippen molar-refractivity contribution in [2.75, 3.05) is 5.32 Å². The Kier molecular flexibility index (Phi) is 12.5. The quantitative estimate of drug-likeness (QED) is 0.314. The van der Waals surface area contributed by atoms with Crippen molar-refractivity contribution < 1.29 is 29.3 Å². The second kappa shape index (κ2) is 14.6. The maximum Gasteiger partial charge on any atom is 0.411 e. The lowest BCUT2D eigenvalue weighted by atomic mass is 9.76. The Bertz CT molecular complexity index is 807. The molecule has 176 valence electrons. The first-order valence-corrected chi connectivity index (χ1v) is 11.0. The molecule has 0 radical (unpaired) electrons. The number of aldehydes is 1. The molecule has 1 fully saturated rings. The third-order valence-electron chi connectivity index (χ3n) is 4.58. The van der Waals surface area contributed by atoms with E-state index in [1.54, 1.807) is 50.3 Å². The van der Waals surface area contributed by atoms with Crippen LogP contribution in [0.2, 0.25) is 5.02 Å². The molecule has 2 rings (SSSR count). The Labute approximate surface area is 194 Å². The third kappa shape index (κ3) is 9.77. The van der Waals surface area contributed by atoms with Gasteiger partial charge in [0.2, 0.25) is 0 Å². The summed E-state index contributed by atoms with van der Waals surface area (Å²) in [5.41, 5.74) is 0.628. The van der Waals surface area contributed by atoms with Crippen molar-refractivity contribution in [3.63, 3.8) is 0 Å². The van der Waals surface area contributed by atoms with Gasteiger partial charge < -0.3 is 19.7 Å². The van der Waals surface area contributed by atoms with E-state index >= 15 is 0 Å². The molecule has 32 heavy (non-hydrogen) atoms. The fourth-order valence-corrected chi connectivity index (χ4v) is 3.18. The van der Waals surface area contributed by atoms with Crippen LogP contribution < -0.4 is 5.32 Å². The molecule has 0 saturated heterocycles. The topological polar surface area (TPSA) is 113 Å². The van der Waals surface area contributed by atoms with E-state index in [1.165, 1.54) is 0 Å². The summed E-state index contributed by atoms with van der Waals surface area (Å²) in [6.07, 6.45) is 7.12. The highest BCUT2D eigenvalue weighted by atomic mass is 35.5. The molecule has 0 aromatic heterocycles. The van der Waals surface area contributed by atoms with E-state index in [4.69, 9.17) is 16.3 Å². The van der Waals surface area contributed by atoms with E-state index in [0.717, 1.165) is 12.8 Å². The summed E-state index contributed by atoms with van der Waals surface area (Å²) in [4.78, 5) is 33.7. The van der Waals surface area contributed by atoms with Crippen molar-refractivity contribution in [2.45, 2.75) is 58.3 Å². The van der Waals surface area contributed by atoms with Gasteiger partial charge >= 0.3 is 6.09 Å². The fraction of sp³-hybridized carbons (Fsp3) is 0.458. The Hall–Kier alpha value is -2.48. The zero-order valence-electron chi connectivity index (χ0n) is 18.6. The number of carbonyl (C=O) groups excluding carboxylic acids is 3. The standard InChI is InChI=1S/C14H20O4.C10H12ClNO2/c1-2-3-4-5-6-7-10-8-12(16)14(18)13(17)11(10)9-15;1-7(2)14-10(13)12-9-5-3-4-8(11)6-9/h4-7,9-12,14,16,18H,2-3,8H2,1H3;3-7H,1-2H3,(H,12,13). The first-order valence-electron chi connectivity index (χ1n) is 10.6. The molecule has 3 N–H and O–H groups in total. The lowest BCUT2D eigenvalue weighted by Crippen LogP contribution is -2.47. The number of ether oxygens (including phenoxy) is 1. The van der Waals surface area contributed by atoms with Gasteiger partial charge in [-0.3, -0.25) is 10.1 Å². The Morgan fingerprint density at radius 3 is 2.62 bits per heavy atom. The van der Waals surface area contributed by atoms with Gasteiger partial charge in [0.05, 0.1) is 18.1 Å². The summed E-state index contributed by atoms with van der Waals surface area (Å²) in [5, 5.41) is 22.1. The molecule has 1 aromatic carbocycles. The van der Waals surface area contributed by atoms with Gasteiger partial charge in [0.25, 0.3) is 0 Å². The van der Waals surface area contributed by atoms with Gasteiger partial charge in [-0.1, -0.05) is 55.3 Å². The summed E-state index contributed by atoms with van der Waals surface area (Å²) in [6.45, 7) is 5.66. The zero-order chi connectivity index (χ0) is 24.1. The predicted molar refractivity (Wildman–Crippen MR) is 125 cm³/mol. The number of ketones is 1. The number of amides is 1. The highest BCUT2D eigenvalue weighted by Crippen LogP contribution is 2.28. The molecule has 1 aromatic rings. The van der Waals surface area contributed by atoms with Crippen LogP contribution in [0.25, 0.3) is 0 Å². The van der Waals surface area contributed by atoms with Gasteiger partial charge in [0.15, 0.2) is 5.78 Å². The number of nitrogens with one attached hydrogen (secondary N) is 1. The van der Waals surface area contributed by atoms with Gasteiger partial charge in [0.1, 0.15) is 12.4 Å². The van der Waals surface area contributed by atoms with E-state index in [0.29, 0.717) is 17.0 Å². The lowest BCUT2D eigenvalue weighted by Gasteiger charge is -2.31.